The van der Waals surface area contributed by atoms with Crippen LogP contribution in [0.4, 0.5) is 0 Å². The fourth-order valence-corrected chi connectivity index (χ4v) is 31.9. The van der Waals surface area contributed by atoms with Gasteiger partial charge in [-0.25, -0.2) is 12.3 Å². The van der Waals surface area contributed by atoms with E-state index in [1.165, 1.54) is 193 Å². The first kappa shape index (κ1) is 55.3. The molecule has 0 amide bonds. The van der Waals surface area contributed by atoms with E-state index in [4.69, 9.17) is 25.2 Å². The van der Waals surface area contributed by atoms with Crippen LogP contribution in [0.25, 0.3) is 65.8 Å². The van der Waals surface area contributed by atoms with E-state index in [1.54, 1.807) is 0 Å². The molecule has 0 N–H and O–H groups in total. The van der Waals surface area contributed by atoms with Crippen molar-refractivity contribution in [1.82, 2.24) is 12.3 Å². The second-order valence-electron chi connectivity index (χ2n) is 25.6. The number of hydrogen-bond donors (Lipinski definition) is 0. The Kier molecular flexibility index (Phi) is 16.1. The Labute approximate surface area is 500 Å². The highest BCUT2D eigenvalue weighted by molar-refractivity contribution is 7.72. The van der Waals surface area contributed by atoms with Gasteiger partial charge in [-0.15, -0.1) is 13.3 Å². The highest BCUT2D eigenvalue weighted by Crippen LogP contribution is 2.65. The predicted octanol–water partition coefficient (Wildman–Crippen LogP) is 24.6. The highest BCUT2D eigenvalue weighted by Gasteiger charge is 2.44. The lowest BCUT2D eigenvalue weighted by molar-refractivity contribution is 0.368. The van der Waals surface area contributed by atoms with Gasteiger partial charge in [-0.3, -0.25) is 0 Å². The van der Waals surface area contributed by atoms with Crippen molar-refractivity contribution in [2.45, 2.75) is 229 Å². The maximum absolute atomic E-state index is 7.75. The smallest absolute Gasteiger partial charge is 0.223 e. The molecule has 444 valence electrons. The van der Waals surface area contributed by atoms with Crippen LogP contribution in [0.15, 0.2) is 134 Å². The number of rotatable bonds is 6. The zero-order valence-electron chi connectivity index (χ0n) is 48.9. The Morgan fingerprint density at radius 1 is 0.214 bits per heavy atom. The van der Waals surface area contributed by atoms with Crippen LogP contribution in [0.1, 0.15) is 211 Å². The number of benzene rings is 6. The Morgan fingerprint density at radius 2 is 0.381 bits per heavy atom. The molecule has 18 heteroatoms. The molecule has 6 aromatic carbocycles. The molecule has 84 heavy (non-hydrogen) atoms. The first-order chi connectivity index (χ1) is 41.7. The lowest BCUT2D eigenvalue weighted by atomic mass is 9.96. The molecule has 3 aliphatic heterocycles. The first-order valence-electron chi connectivity index (χ1n) is 32.9. The number of hydrogen-bond acceptors (Lipinski definition) is 9. The van der Waals surface area contributed by atoms with E-state index in [0.717, 1.165) is 65.8 Å². The van der Waals surface area contributed by atoms with Crippen molar-refractivity contribution in [2.24, 2.45) is 0 Å². The summed E-state index contributed by atoms with van der Waals surface area (Å²) in [4.78, 5) is 0. The second kappa shape index (κ2) is 24.5. The molecule has 0 radical (unpaired) electrons. The molecular weight excluding hydrogens is 1160 g/mol. The Hall–Kier alpha value is -4.02. The average Bonchev–Trinajstić information content (AvgIpc) is 0.954. The molecule has 18 bridgehead atoms. The minimum absolute atomic E-state index is 0.411. The van der Waals surface area contributed by atoms with Crippen LogP contribution < -0.4 is 13.3 Å². The zero-order valence-corrected chi connectivity index (χ0v) is 54.3. The second-order valence-corrected chi connectivity index (χ2v) is 36.8. The standard InChI is InChI=1S/C66H84N6O6P6/c1-7-25-49(26-8-1)67-79-68(50-27-9-2-10-28-50)80(67)74-62-44-20-40-58-56(62)38-22-46-64(58)76-82-71(53-33-15-5-16-34-53)84(72(82)54-35-17-6-18-36-54)78-66-48-24-41-59-60(66)42-23-47-65(59)77-83-69(51-29-11-3-12-30-51)81(70(83)52-31-13-4-14-32-52)75-63-45-21-37-55-57(63)39-19-43-61(55)73-79/h19-24,37-54H,1-18,25-36H2. The van der Waals surface area contributed by atoms with Crippen LogP contribution in [0.2, 0.25) is 0 Å². The van der Waals surface area contributed by atoms with Gasteiger partial charge in [-0.2, -0.15) is 0 Å². The average molecular weight is 1240 g/mol. The summed E-state index contributed by atoms with van der Waals surface area (Å²) in [6, 6.07) is 42.9. The molecule has 9 aliphatic rings. The van der Waals surface area contributed by atoms with Crippen molar-refractivity contribution in [3.05, 3.63) is 109 Å². The minimum atomic E-state index is -1.17. The zero-order chi connectivity index (χ0) is 55.5. The molecule has 0 spiro atoms. The maximum atomic E-state index is 7.75. The van der Waals surface area contributed by atoms with Gasteiger partial charge in [0.05, 0.1) is 0 Å². The summed E-state index contributed by atoms with van der Waals surface area (Å²) in [7, 11) is -7.01. The van der Waals surface area contributed by atoms with Gasteiger partial charge >= 0.3 is 0 Å². The van der Waals surface area contributed by atoms with Crippen LogP contribution in [0.3, 0.4) is 0 Å². The molecule has 16 rings (SSSR count). The Morgan fingerprint density at radius 3 is 0.560 bits per heavy atom. The van der Waals surface area contributed by atoms with Crippen molar-refractivity contribution in [1.29, 1.82) is 0 Å². The van der Waals surface area contributed by atoms with Gasteiger partial charge in [0.2, 0.25) is 48.5 Å². The quantitative estimate of drug-likeness (QED) is 0.161. The van der Waals surface area contributed by atoms with Crippen molar-refractivity contribution in [3.63, 3.8) is 0 Å². The molecule has 6 fully saturated rings. The molecule has 4 heterocycles. The summed E-state index contributed by atoms with van der Waals surface area (Å²) >= 11 is 0. The summed E-state index contributed by atoms with van der Waals surface area (Å²) in [5.41, 5.74) is 5.72. The summed E-state index contributed by atoms with van der Waals surface area (Å²) in [5.74, 6) is 0. The Bertz CT molecular complexity index is 3420. The van der Waals surface area contributed by atoms with Gasteiger partial charge in [0, 0.05) is 68.6 Å². The third kappa shape index (κ3) is 10.3. The van der Waals surface area contributed by atoms with Crippen LogP contribution in [-0.4, -0.2) is 30.4 Å². The van der Waals surface area contributed by atoms with Crippen molar-refractivity contribution in [3.8, 4) is 0 Å². The van der Waals surface area contributed by atoms with Crippen LogP contribution >= 0.6 is 48.5 Å². The van der Waals surface area contributed by atoms with Gasteiger partial charge in [0.15, 0.2) is 0 Å². The van der Waals surface area contributed by atoms with E-state index in [0.29, 0.717) is 36.3 Å². The SMILES string of the molecule is c1cc2op3n(C4CCCCC4)p(oc4cccc5c(cccc45)op4n(C5CCCCC5)p(oc5cccc6c(cccc56)op5n(C6CCCCC6)p(oc6cccc2c6c1)N5C1CCCCC1)n4C1CCCCC1)N3C1CCCCC1. The molecule has 6 saturated carbocycles. The van der Waals surface area contributed by atoms with Gasteiger partial charge in [0.25, 0.3) is 0 Å². The summed E-state index contributed by atoms with van der Waals surface area (Å²) in [5, 5.41) is 6.76. The molecule has 6 atom stereocenters. The minimum Gasteiger partial charge on any atom is -0.420 e. The van der Waals surface area contributed by atoms with Crippen molar-refractivity contribution >= 4 is 114 Å². The number of fused-ring (bicyclic) bond motifs is 6. The molecule has 7 aromatic rings. The monoisotopic (exact) mass is 1240 g/mol. The fourth-order valence-electron chi connectivity index (χ4n) is 15.7. The molecule has 12 nitrogen and oxygen atoms in total. The van der Waals surface area contributed by atoms with E-state index in [-0.39, 0.29) is 0 Å². The molecular formula is C66H84N6O6P6. The van der Waals surface area contributed by atoms with Crippen LogP contribution in [0, 0.1) is 0 Å². The first-order valence-corrected chi connectivity index (χ1v) is 39.9. The van der Waals surface area contributed by atoms with Crippen molar-refractivity contribution < 1.29 is 25.2 Å². The van der Waals surface area contributed by atoms with E-state index in [1.807, 2.05) is 0 Å². The third-order valence-corrected chi connectivity index (χ3v) is 35.9. The Balaban J connectivity index is 1.03. The fraction of sp³-hybridized carbons (Fsp3) is 0.545. The van der Waals surface area contributed by atoms with E-state index >= 15 is 0 Å². The molecule has 6 unspecified atom stereocenters. The lowest BCUT2D eigenvalue weighted by Crippen LogP contribution is -2.37. The normalized spacial score (nSPS) is 22.4. The summed E-state index contributed by atoms with van der Waals surface area (Å²) in [6.45, 7) is 0. The van der Waals surface area contributed by atoms with Crippen LogP contribution in [0.5, 0.6) is 0 Å². The molecule has 6 aliphatic carbocycles. The van der Waals surface area contributed by atoms with Crippen molar-refractivity contribution in [2.75, 3.05) is 13.3 Å². The molecule has 0 saturated heterocycles. The summed E-state index contributed by atoms with van der Waals surface area (Å²) < 4.78 is 63.1. The largest absolute Gasteiger partial charge is 0.420 e. The highest BCUT2D eigenvalue weighted by atomic mass is 31.2. The lowest BCUT2D eigenvalue weighted by Gasteiger charge is -2.42. The topological polar surface area (TPSA) is 103 Å². The van der Waals surface area contributed by atoms with E-state index in [2.05, 4.69) is 135 Å². The van der Waals surface area contributed by atoms with Gasteiger partial charge < -0.3 is 25.2 Å². The van der Waals surface area contributed by atoms with Crippen LogP contribution in [-0.2, 0) is 0 Å². The van der Waals surface area contributed by atoms with E-state index in [9.17, 15) is 0 Å². The van der Waals surface area contributed by atoms with Gasteiger partial charge in [0.1, 0.15) is 33.5 Å². The maximum Gasteiger partial charge on any atom is 0.223 e. The molecule has 1 aromatic heterocycles. The number of nitrogens with zero attached hydrogens (tertiary/aromatic N) is 6. The van der Waals surface area contributed by atoms with Gasteiger partial charge in [-0.1, -0.05) is 188 Å². The number of aromatic nitrogens is 3. The van der Waals surface area contributed by atoms with E-state index < -0.39 is 48.5 Å². The third-order valence-electron chi connectivity index (χ3n) is 20.1. The van der Waals surface area contributed by atoms with Gasteiger partial charge in [-0.05, 0) is 113 Å². The predicted molar refractivity (Wildman–Crippen MR) is 355 cm³/mol. The summed E-state index contributed by atoms with van der Waals surface area (Å²) in [6.07, 6.45) is 37.0.